The number of aliphatic hydroxyl groups is 3. The molecule has 4 atom stereocenters. The molecule has 4 aromatic rings. The zero-order valence-electron chi connectivity index (χ0n) is 18.3. The van der Waals surface area contributed by atoms with Crippen molar-refractivity contribution in [2.45, 2.75) is 31.6 Å². The van der Waals surface area contributed by atoms with Gasteiger partial charge in [0.15, 0.2) is 0 Å². The molecular weight excluding hydrogens is 457 g/mol. The average Bonchev–Trinajstić information content (AvgIpc) is 3.35. The van der Waals surface area contributed by atoms with Crippen molar-refractivity contribution in [1.29, 1.82) is 0 Å². The summed E-state index contributed by atoms with van der Waals surface area (Å²) in [6, 6.07) is 13.3. The zero-order chi connectivity index (χ0) is 23.8. The van der Waals surface area contributed by atoms with Gasteiger partial charge in [-0.3, -0.25) is 0 Å². The molecule has 1 fully saturated rings. The fraction of sp³-hybridized carbons (Fsp3) is 0.292. The minimum Gasteiger partial charge on any atom is -0.396 e. The van der Waals surface area contributed by atoms with Gasteiger partial charge in [-0.25, -0.2) is 14.4 Å². The van der Waals surface area contributed by atoms with E-state index in [1.165, 1.54) is 23.5 Å². The molecule has 0 saturated heterocycles. The highest BCUT2D eigenvalue weighted by Crippen LogP contribution is 2.38. The maximum Gasteiger partial charge on any atom is 0.229 e. The second-order valence-corrected chi connectivity index (χ2v) is 9.42. The number of nitrogens with one attached hydrogen (secondary N) is 2. The first kappa shape index (κ1) is 22.6. The lowest BCUT2D eigenvalue weighted by Crippen LogP contribution is -2.35. The summed E-state index contributed by atoms with van der Waals surface area (Å²) < 4.78 is 14.7. The highest BCUT2D eigenvalue weighted by Gasteiger charge is 2.41. The molecule has 0 radical (unpaired) electrons. The van der Waals surface area contributed by atoms with Crippen LogP contribution >= 0.6 is 11.3 Å². The van der Waals surface area contributed by atoms with E-state index in [2.05, 4.69) is 20.6 Å². The molecule has 5 rings (SSSR count). The number of rotatable bonds is 6. The Morgan fingerprint density at radius 1 is 1.06 bits per heavy atom. The molecule has 0 spiro atoms. The number of para-hydroxylation sites is 1. The third kappa shape index (κ3) is 4.32. The summed E-state index contributed by atoms with van der Waals surface area (Å²) in [5.41, 5.74) is 2.67. The fourth-order valence-corrected chi connectivity index (χ4v) is 5.35. The first-order chi connectivity index (χ1) is 16.4. The number of aryl methyl sites for hydroxylation is 1. The normalized spacial score (nSPS) is 22.3. The van der Waals surface area contributed by atoms with Gasteiger partial charge in [0.05, 0.1) is 33.6 Å². The van der Waals surface area contributed by atoms with E-state index < -0.39 is 24.2 Å². The Morgan fingerprint density at radius 3 is 2.62 bits per heavy atom. The van der Waals surface area contributed by atoms with Crippen LogP contribution in [0.2, 0.25) is 0 Å². The Labute approximate surface area is 199 Å². The second-order valence-electron chi connectivity index (χ2n) is 8.39. The van der Waals surface area contributed by atoms with Crippen molar-refractivity contribution in [1.82, 2.24) is 15.0 Å². The van der Waals surface area contributed by atoms with Gasteiger partial charge in [0, 0.05) is 18.2 Å². The number of thiazole rings is 1. The number of aromatic nitrogens is 3. The molecule has 34 heavy (non-hydrogen) atoms. The van der Waals surface area contributed by atoms with Crippen LogP contribution in [0.25, 0.3) is 20.8 Å². The lowest BCUT2D eigenvalue weighted by Gasteiger charge is -2.21. The molecule has 2 heterocycles. The SMILES string of the molecule is Cc1nc(Nc2cccc(F)c2)nc(NC2CC(CO)C(O)C2O)c1-c1nc2ccccc2s1. The van der Waals surface area contributed by atoms with Crippen molar-refractivity contribution in [3.63, 3.8) is 0 Å². The topological polar surface area (TPSA) is 123 Å². The van der Waals surface area contributed by atoms with E-state index in [-0.39, 0.29) is 18.4 Å². The van der Waals surface area contributed by atoms with Crippen molar-refractivity contribution >= 4 is 39.0 Å². The Balaban J connectivity index is 1.57. The zero-order valence-corrected chi connectivity index (χ0v) is 19.1. The van der Waals surface area contributed by atoms with Gasteiger partial charge in [0.1, 0.15) is 22.7 Å². The summed E-state index contributed by atoms with van der Waals surface area (Å²) in [7, 11) is 0. The van der Waals surface area contributed by atoms with Crippen LogP contribution in [-0.2, 0) is 0 Å². The molecule has 4 unspecified atom stereocenters. The van der Waals surface area contributed by atoms with Gasteiger partial charge in [0.2, 0.25) is 5.95 Å². The van der Waals surface area contributed by atoms with E-state index in [1.54, 1.807) is 12.1 Å². The quantitative estimate of drug-likeness (QED) is 0.284. The Hall–Kier alpha value is -3.18. The number of aliphatic hydroxyl groups excluding tert-OH is 3. The summed E-state index contributed by atoms with van der Waals surface area (Å²) in [6.07, 6.45) is -1.75. The largest absolute Gasteiger partial charge is 0.396 e. The minimum absolute atomic E-state index is 0.226. The van der Waals surface area contributed by atoms with E-state index in [0.29, 0.717) is 34.2 Å². The Bertz CT molecular complexity index is 1300. The third-order valence-corrected chi connectivity index (χ3v) is 7.09. The highest BCUT2D eigenvalue weighted by atomic mass is 32.1. The first-order valence-corrected chi connectivity index (χ1v) is 11.8. The van der Waals surface area contributed by atoms with Gasteiger partial charge >= 0.3 is 0 Å². The standard InChI is InChI=1S/C24H24FN5O3S/c1-12-19(23-29-16-7-2-3-8-18(16)34-23)22(28-17-9-13(11-31)20(32)21(17)33)30-24(26-12)27-15-6-4-5-14(25)10-15/h2-8,10,13,17,20-21,31-33H,9,11H2,1H3,(H2,26,27,28,30). The first-order valence-electron chi connectivity index (χ1n) is 10.9. The summed E-state index contributed by atoms with van der Waals surface area (Å²) in [6.45, 7) is 1.61. The van der Waals surface area contributed by atoms with Crippen LogP contribution in [0.1, 0.15) is 12.1 Å². The van der Waals surface area contributed by atoms with Gasteiger partial charge in [-0.15, -0.1) is 11.3 Å². The number of hydrogen-bond acceptors (Lipinski definition) is 9. The Morgan fingerprint density at radius 2 is 1.88 bits per heavy atom. The maximum atomic E-state index is 13.7. The molecule has 1 aliphatic rings. The molecule has 2 aromatic carbocycles. The molecule has 176 valence electrons. The van der Waals surface area contributed by atoms with E-state index in [4.69, 9.17) is 4.98 Å². The highest BCUT2D eigenvalue weighted by molar-refractivity contribution is 7.21. The van der Waals surface area contributed by atoms with Crippen LogP contribution in [0.5, 0.6) is 0 Å². The molecule has 0 amide bonds. The molecule has 10 heteroatoms. The van der Waals surface area contributed by atoms with Crippen LogP contribution in [0.4, 0.5) is 21.8 Å². The monoisotopic (exact) mass is 481 g/mol. The van der Waals surface area contributed by atoms with Crippen LogP contribution in [0, 0.1) is 18.7 Å². The fourth-order valence-electron chi connectivity index (χ4n) is 4.29. The predicted molar refractivity (Wildman–Crippen MR) is 130 cm³/mol. The summed E-state index contributed by atoms with van der Waals surface area (Å²) >= 11 is 1.50. The van der Waals surface area contributed by atoms with Gasteiger partial charge in [0.25, 0.3) is 0 Å². The molecule has 1 aliphatic carbocycles. The van der Waals surface area contributed by atoms with Crippen molar-refractivity contribution in [2.75, 3.05) is 17.2 Å². The molecule has 0 bridgehead atoms. The molecule has 0 aliphatic heterocycles. The number of halogens is 1. The molecule has 5 N–H and O–H groups in total. The minimum atomic E-state index is -1.07. The van der Waals surface area contributed by atoms with Crippen molar-refractivity contribution in [3.8, 4) is 10.6 Å². The molecular formula is C24H24FN5O3S. The second kappa shape index (κ2) is 9.22. The lowest BCUT2D eigenvalue weighted by atomic mass is 10.1. The summed E-state index contributed by atoms with van der Waals surface area (Å²) in [5.74, 6) is -0.141. The van der Waals surface area contributed by atoms with Crippen molar-refractivity contribution < 1.29 is 19.7 Å². The number of hydrogen-bond donors (Lipinski definition) is 5. The van der Waals surface area contributed by atoms with Gasteiger partial charge in [-0.05, 0) is 43.7 Å². The van der Waals surface area contributed by atoms with Crippen LogP contribution in [0.3, 0.4) is 0 Å². The number of benzene rings is 2. The van der Waals surface area contributed by atoms with Crippen LogP contribution < -0.4 is 10.6 Å². The summed E-state index contributed by atoms with van der Waals surface area (Å²) in [5, 5.41) is 37.4. The van der Waals surface area contributed by atoms with E-state index in [1.807, 2.05) is 31.2 Å². The predicted octanol–water partition coefficient (Wildman–Crippen LogP) is 3.46. The van der Waals surface area contributed by atoms with Crippen molar-refractivity contribution in [3.05, 3.63) is 60.0 Å². The van der Waals surface area contributed by atoms with Gasteiger partial charge in [-0.1, -0.05) is 18.2 Å². The summed E-state index contributed by atoms with van der Waals surface area (Å²) in [4.78, 5) is 14.0. The molecule has 2 aromatic heterocycles. The van der Waals surface area contributed by atoms with Gasteiger partial charge < -0.3 is 26.0 Å². The van der Waals surface area contributed by atoms with E-state index in [9.17, 15) is 19.7 Å². The molecule has 8 nitrogen and oxygen atoms in total. The van der Waals surface area contributed by atoms with Crippen LogP contribution in [0.15, 0.2) is 48.5 Å². The van der Waals surface area contributed by atoms with Crippen LogP contribution in [-0.4, -0.2) is 55.1 Å². The average molecular weight is 482 g/mol. The molecule has 1 saturated carbocycles. The number of nitrogens with zero attached hydrogens (tertiary/aromatic N) is 3. The number of fused-ring (bicyclic) bond motifs is 1. The lowest BCUT2D eigenvalue weighted by molar-refractivity contribution is 0.00446. The van der Waals surface area contributed by atoms with E-state index >= 15 is 0 Å². The Kier molecular flexibility index (Phi) is 6.13. The third-order valence-electron chi connectivity index (χ3n) is 6.04. The smallest absolute Gasteiger partial charge is 0.229 e. The van der Waals surface area contributed by atoms with E-state index in [0.717, 1.165) is 10.2 Å². The maximum absolute atomic E-state index is 13.7. The van der Waals surface area contributed by atoms with Crippen molar-refractivity contribution in [2.24, 2.45) is 5.92 Å². The van der Waals surface area contributed by atoms with Gasteiger partial charge in [-0.2, -0.15) is 4.98 Å². The number of anilines is 3.